The third-order valence-corrected chi connectivity index (χ3v) is 2.76. The van der Waals surface area contributed by atoms with Gasteiger partial charge in [-0.2, -0.15) is 0 Å². The van der Waals surface area contributed by atoms with Crippen molar-refractivity contribution >= 4 is 46.5 Å². The van der Waals surface area contributed by atoms with Crippen LogP contribution in [0.5, 0.6) is 0 Å². The molecule has 0 aromatic heterocycles. The van der Waals surface area contributed by atoms with E-state index < -0.39 is 12.0 Å². The molecule has 2 N–H and O–H groups in total. The minimum atomic E-state index is -0.984. The van der Waals surface area contributed by atoms with Gasteiger partial charge in [0.15, 0.2) is 0 Å². The van der Waals surface area contributed by atoms with Gasteiger partial charge in [0, 0.05) is 5.02 Å². The summed E-state index contributed by atoms with van der Waals surface area (Å²) in [5, 5.41) is 12.3. The molecule has 1 aromatic carbocycles. The lowest BCUT2D eigenvalue weighted by molar-refractivity contribution is -0.137. The van der Waals surface area contributed by atoms with Gasteiger partial charge in [0.25, 0.3) is 0 Å². The smallest absolute Gasteiger partial charge is 0.325 e. The number of halogens is 3. The topological polar surface area (TPSA) is 49.3 Å². The van der Waals surface area contributed by atoms with Gasteiger partial charge in [0.1, 0.15) is 6.04 Å². The molecule has 0 unspecified atom stereocenters. The van der Waals surface area contributed by atoms with Crippen molar-refractivity contribution in [3.05, 3.63) is 27.2 Å². The van der Waals surface area contributed by atoms with Crippen LogP contribution in [0.1, 0.15) is 6.92 Å². The predicted octanol–water partition coefficient (Wildman–Crippen LogP) is 3.53. The number of carboxylic acids is 1. The van der Waals surface area contributed by atoms with E-state index >= 15 is 0 Å². The number of rotatable bonds is 3. The lowest BCUT2D eigenvalue weighted by atomic mass is 10.2. The van der Waals surface area contributed by atoms with Gasteiger partial charge in [0.05, 0.1) is 15.7 Å². The van der Waals surface area contributed by atoms with E-state index in [1.54, 1.807) is 0 Å². The van der Waals surface area contributed by atoms with Gasteiger partial charge in [-0.05, 0) is 19.1 Å². The van der Waals surface area contributed by atoms with E-state index in [1.165, 1.54) is 19.1 Å². The number of carbonyl (C=O) groups is 1. The highest BCUT2D eigenvalue weighted by Gasteiger charge is 2.14. The maximum Gasteiger partial charge on any atom is 0.325 e. The molecule has 0 radical (unpaired) electrons. The molecule has 0 saturated carbocycles. The number of aliphatic carboxylic acids is 1. The van der Waals surface area contributed by atoms with E-state index in [-0.39, 0.29) is 10.0 Å². The van der Waals surface area contributed by atoms with E-state index in [9.17, 15) is 4.79 Å². The SMILES string of the molecule is C[C@@H](Nc1cc(Cl)cc(Cl)c1Cl)C(=O)O. The number of benzene rings is 1. The van der Waals surface area contributed by atoms with Crippen LogP contribution in [0.4, 0.5) is 5.69 Å². The third-order valence-electron chi connectivity index (χ3n) is 1.74. The van der Waals surface area contributed by atoms with Crippen molar-refractivity contribution in [3.63, 3.8) is 0 Å². The van der Waals surface area contributed by atoms with E-state index in [0.717, 1.165) is 0 Å². The van der Waals surface area contributed by atoms with Gasteiger partial charge < -0.3 is 10.4 Å². The average molecular weight is 269 g/mol. The fourth-order valence-electron chi connectivity index (χ4n) is 0.956. The van der Waals surface area contributed by atoms with Gasteiger partial charge in [0.2, 0.25) is 0 Å². The number of hydrogen-bond donors (Lipinski definition) is 2. The van der Waals surface area contributed by atoms with Gasteiger partial charge in [-0.1, -0.05) is 34.8 Å². The zero-order chi connectivity index (χ0) is 11.6. The second kappa shape index (κ2) is 4.92. The second-order valence-corrected chi connectivity index (χ2v) is 4.18. The van der Waals surface area contributed by atoms with Crippen molar-refractivity contribution in [2.75, 3.05) is 5.32 Å². The maximum absolute atomic E-state index is 10.6. The standard InChI is InChI=1S/C9H8Cl3NO2/c1-4(9(14)15)13-7-3-5(10)2-6(11)8(7)12/h2-4,13H,1H3,(H,14,15)/t4-/m1/s1. The summed E-state index contributed by atoms with van der Waals surface area (Å²) in [6.07, 6.45) is 0. The number of carboxylic acid groups (broad SMARTS) is 1. The minimum Gasteiger partial charge on any atom is -0.480 e. The molecule has 0 heterocycles. The van der Waals surface area contributed by atoms with Crippen LogP contribution in [0, 0.1) is 0 Å². The molecule has 0 spiro atoms. The Morgan fingerprint density at radius 2 is 2.00 bits per heavy atom. The lowest BCUT2D eigenvalue weighted by Crippen LogP contribution is -2.25. The zero-order valence-corrected chi connectivity index (χ0v) is 9.99. The van der Waals surface area contributed by atoms with Crippen LogP contribution in [0.2, 0.25) is 15.1 Å². The quantitative estimate of drug-likeness (QED) is 0.825. The van der Waals surface area contributed by atoms with Gasteiger partial charge in [-0.25, -0.2) is 0 Å². The average Bonchev–Trinajstić information content (AvgIpc) is 2.13. The predicted molar refractivity (Wildman–Crippen MR) is 62.2 cm³/mol. The summed E-state index contributed by atoms with van der Waals surface area (Å²) in [5.74, 6) is -0.984. The lowest BCUT2D eigenvalue weighted by Gasteiger charge is -2.13. The van der Waals surface area contributed by atoms with Gasteiger partial charge in [-0.15, -0.1) is 0 Å². The summed E-state index contributed by atoms with van der Waals surface area (Å²) < 4.78 is 0. The molecule has 0 bridgehead atoms. The van der Waals surface area contributed by atoms with Crippen molar-refractivity contribution < 1.29 is 9.90 Å². The summed E-state index contributed by atoms with van der Waals surface area (Å²) in [6.45, 7) is 1.49. The monoisotopic (exact) mass is 267 g/mol. The van der Waals surface area contributed by atoms with E-state index in [0.29, 0.717) is 10.7 Å². The fourth-order valence-corrected chi connectivity index (χ4v) is 1.61. The molecule has 0 aliphatic heterocycles. The first-order valence-corrected chi connectivity index (χ1v) is 5.19. The molecule has 0 amide bonds. The third kappa shape index (κ3) is 3.16. The maximum atomic E-state index is 10.6. The fraction of sp³-hybridized carbons (Fsp3) is 0.222. The van der Waals surface area contributed by atoms with E-state index in [1.807, 2.05) is 0 Å². The molecule has 1 rings (SSSR count). The highest BCUT2D eigenvalue weighted by Crippen LogP contribution is 2.33. The van der Waals surface area contributed by atoms with Gasteiger partial charge in [-0.3, -0.25) is 4.79 Å². The molecule has 0 aliphatic rings. The number of hydrogen-bond acceptors (Lipinski definition) is 2. The Hall–Kier alpha value is -0.640. The molecule has 0 aliphatic carbocycles. The minimum absolute atomic E-state index is 0.258. The number of nitrogens with one attached hydrogen (secondary N) is 1. The Morgan fingerprint density at radius 1 is 1.40 bits per heavy atom. The molecule has 15 heavy (non-hydrogen) atoms. The number of anilines is 1. The van der Waals surface area contributed by atoms with E-state index in [2.05, 4.69) is 5.32 Å². The van der Waals surface area contributed by atoms with Crippen molar-refractivity contribution in [1.29, 1.82) is 0 Å². The molecule has 1 atom stereocenters. The van der Waals surface area contributed by atoms with Crippen molar-refractivity contribution in [1.82, 2.24) is 0 Å². The Labute approximate surface area is 102 Å². The summed E-state index contributed by atoms with van der Waals surface area (Å²) in [7, 11) is 0. The molecular formula is C9H8Cl3NO2. The van der Waals surface area contributed by atoms with Crippen molar-refractivity contribution in [2.24, 2.45) is 0 Å². The van der Waals surface area contributed by atoms with Crippen LogP contribution < -0.4 is 5.32 Å². The van der Waals surface area contributed by atoms with Crippen LogP contribution in [0.25, 0.3) is 0 Å². The molecule has 6 heteroatoms. The molecular weight excluding hydrogens is 260 g/mol. The largest absolute Gasteiger partial charge is 0.480 e. The first kappa shape index (κ1) is 12.4. The summed E-state index contributed by atoms with van der Waals surface area (Å²) in [5.41, 5.74) is 0.407. The molecule has 0 saturated heterocycles. The zero-order valence-electron chi connectivity index (χ0n) is 7.72. The molecule has 1 aromatic rings. The van der Waals surface area contributed by atoms with Crippen LogP contribution in [-0.4, -0.2) is 17.1 Å². The summed E-state index contributed by atoms with van der Waals surface area (Å²) >= 11 is 17.4. The first-order chi connectivity index (χ1) is 6.91. The normalized spacial score (nSPS) is 12.3. The Kier molecular flexibility index (Phi) is 4.08. The van der Waals surface area contributed by atoms with Crippen LogP contribution in [0.3, 0.4) is 0 Å². The van der Waals surface area contributed by atoms with Crippen LogP contribution in [0.15, 0.2) is 12.1 Å². The Morgan fingerprint density at radius 3 is 2.53 bits per heavy atom. The van der Waals surface area contributed by atoms with Crippen molar-refractivity contribution in [3.8, 4) is 0 Å². The van der Waals surface area contributed by atoms with Gasteiger partial charge >= 0.3 is 5.97 Å². The summed E-state index contributed by atoms with van der Waals surface area (Å²) in [6, 6.07) is 2.24. The molecule has 0 fully saturated rings. The highest BCUT2D eigenvalue weighted by molar-refractivity contribution is 6.45. The molecule has 82 valence electrons. The Bertz CT molecular complexity index is 395. The first-order valence-electron chi connectivity index (χ1n) is 4.05. The highest BCUT2D eigenvalue weighted by atomic mass is 35.5. The van der Waals surface area contributed by atoms with Crippen LogP contribution in [-0.2, 0) is 4.79 Å². The summed E-state index contributed by atoms with van der Waals surface area (Å²) in [4.78, 5) is 10.6. The van der Waals surface area contributed by atoms with E-state index in [4.69, 9.17) is 39.9 Å². The van der Waals surface area contributed by atoms with Crippen molar-refractivity contribution in [2.45, 2.75) is 13.0 Å². The Balaban J connectivity index is 2.99. The van der Waals surface area contributed by atoms with Crippen LogP contribution >= 0.6 is 34.8 Å². The second-order valence-electron chi connectivity index (χ2n) is 2.95. The molecule has 3 nitrogen and oxygen atoms in total.